The molecule has 8 bridgehead atoms. The smallest absolute Gasteiger partial charge is 0.303 e. The fourth-order valence-electron chi connectivity index (χ4n) is 12.2. The summed E-state index contributed by atoms with van der Waals surface area (Å²) in [7, 11) is 6.45. The molecule has 0 unspecified atom stereocenters. The molecule has 4 saturated carbocycles. The number of aliphatic carboxylic acids is 2. The van der Waals surface area contributed by atoms with Crippen molar-refractivity contribution in [3.8, 4) is 0 Å². The molecule has 0 aromatic heterocycles. The Kier molecular flexibility index (Phi) is 19.3. The average molecular weight is 1050 g/mol. The molecule has 20 nitrogen and oxygen atoms in total. The minimum atomic E-state index is -1.17. The summed E-state index contributed by atoms with van der Waals surface area (Å²) in [6.45, 7) is 0. The number of carboxylic acid groups (broad SMARTS) is 2. The van der Waals surface area contributed by atoms with Crippen molar-refractivity contribution >= 4 is 59.2 Å². The van der Waals surface area contributed by atoms with Crippen LogP contribution in [0.2, 0.25) is 0 Å². The highest BCUT2D eigenvalue weighted by atomic mass is 16.4. The van der Waals surface area contributed by atoms with E-state index in [4.69, 9.17) is 0 Å². The molecule has 7 rings (SSSR count). The maximum Gasteiger partial charge on any atom is 0.303 e. The summed E-state index contributed by atoms with van der Waals surface area (Å²) < 4.78 is 0. The van der Waals surface area contributed by atoms with E-state index in [1.54, 1.807) is 38.0 Å². The van der Waals surface area contributed by atoms with Gasteiger partial charge in [-0.1, -0.05) is 60.7 Å². The third-order valence-electron chi connectivity index (χ3n) is 17.0. The number of nitrogens with one attached hydrogen (secondary N) is 4. The number of rotatable bonds is 10. The molecule has 412 valence electrons. The van der Waals surface area contributed by atoms with Crippen molar-refractivity contribution in [1.29, 1.82) is 0 Å². The Labute approximate surface area is 444 Å². The summed E-state index contributed by atoms with van der Waals surface area (Å²) in [5.74, 6) is -7.91. The Bertz CT molecular complexity index is 2290. The van der Waals surface area contributed by atoms with E-state index >= 15 is 0 Å². The fraction of sp³-hybridized carbons (Fsp3) is 0.607. The van der Waals surface area contributed by atoms with Gasteiger partial charge < -0.3 is 51.1 Å². The number of likely N-dealkylation sites (N-methyl/N-ethyl adjacent to an activating group) is 4. The zero-order valence-electron chi connectivity index (χ0n) is 44.2. The van der Waals surface area contributed by atoms with E-state index in [0.29, 0.717) is 51.4 Å². The molecule has 20 heteroatoms. The molecular weight excluding hydrogens is 977 g/mol. The molecule has 12 atom stereocenters. The largest absolute Gasteiger partial charge is 0.481 e. The second-order valence-corrected chi connectivity index (χ2v) is 21.9. The van der Waals surface area contributed by atoms with Crippen LogP contribution in [0.4, 0.5) is 0 Å². The van der Waals surface area contributed by atoms with Crippen molar-refractivity contribution in [2.75, 3.05) is 28.2 Å². The van der Waals surface area contributed by atoms with Crippen LogP contribution in [0.5, 0.6) is 0 Å². The van der Waals surface area contributed by atoms with Gasteiger partial charge in [0.15, 0.2) is 0 Å². The summed E-state index contributed by atoms with van der Waals surface area (Å²) in [4.78, 5) is 144. The molecule has 1 saturated heterocycles. The lowest BCUT2D eigenvalue weighted by Gasteiger charge is -2.31. The van der Waals surface area contributed by atoms with Crippen LogP contribution in [-0.2, 0) is 60.8 Å². The number of amides is 8. The lowest BCUT2D eigenvalue weighted by molar-refractivity contribution is -0.141. The first-order valence-corrected chi connectivity index (χ1v) is 27.1. The van der Waals surface area contributed by atoms with Gasteiger partial charge in [-0.25, -0.2) is 0 Å². The van der Waals surface area contributed by atoms with E-state index in [2.05, 4.69) is 21.3 Å². The van der Waals surface area contributed by atoms with Crippen LogP contribution >= 0.6 is 0 Å². The van der Waals surface area contributed by atoms with Gasteiger partial charge in [-0.15, -0.1) is 0 Å². The lowest BCUT2D eigenvalue weighted by atomic mass is 10.0. The molecule has 6 N–H and O–H groups in total. The predicted octanol–water partition coefficient (Wildman–Crippen LogP) is 2.66. The summed E-state index contributed by atoms with van der Waals surface area (Å²) in [6, 6.07) is 12.6. The predicted molar refractivity (Wildman–Crippen MR) is 277 cm³/mol. The number of nitrogens with zero attached hydrogens (tertiary/aromatic N) is 4. The Morgan fingerprint density at radius 3 is 0.921 bits per heavy atom. The van der Waals surface area contributed by atoms with Gasteiger partial charge in [0.25, 0.3) is 0 Å². The summed E-state index contributed by atoms with van der Waals surface area (Å²) >= 11 is 0. The first kappa shape index (κ1) is 56.9. The van der Waals surface area contributed by atoms with Crippen LogP contribution in [0.3, 0.4) is 0 Å². The quantitative estimate of drug-likeness (QED) is 0.201. The van der Waals surface area contributed by atoms with Crippen LogP contribution in [0.15, 0.2) is 60.7 Å². The summed E-state index contributed by atoms with van der Waals surface area (Å²) in [5.41, 5.74) is 1.62. The van der Waals surface area contributed by atoms with Crippen molar-refractivity contribution in [3.63, 3.8) is 0 Å². The Balaban J connectivity index is 1.14. The summed E-state index contributed by atoms with van der Waals surface area (Å²) in [6.07, 6.45) is 3.70. The normalized spacial score (nSPS) is 30.8. The number of fused-ring (bicyclic) bond motifs is 8. The van der Waals surface area contributed by atoms with Crippen LogP contribution in [0.25, 0.3) is 0 Å². The van der Waals surface area contributed by atoms with Crippen molar-refractivity contribution in [2.45, 2.75) is 164 Å². The number of benzene rings is 2. The SMILES string of the molecule is CN1C(=O)[C@@H](CCC(=O)O)NC(=O)[C@@H]2CC[C@@H](C2)N(C)C(=O)[C@@H](Cc2ccccc2)NC(=O)[C@@H]2CC[C@@H](C2)N(C)C(=O)[C@@H](CCC(=O)O)NC(=O)[C@@H]2CC[C@@H](C2)N(C)C(=O)[C@@H](Cc2ccccc2)NC(=O)[C@@H]2CC[C@H]1C2. The lowest BCUT2D eigenvalue weighted by Crippen LogP contribution is -2.53. The molecule has 4 aliphatic carbocycles. The average Bonchev–Trinajstić information content (AvgIpc) is 4.28. The molecule has 0 radical (unpaired) electrons. The number of hydrogen-bond acceptors (Lipinski definition) is 10. The molecular formula is C56H76N8O12. The monoisotopic (exact) mass is 1050 g/mol. The minimum Gasteiger partial charge on any atom is -0.481 e. The highest BCUT2D eigenvalue weighted by Crippen LogP contribution is 2.35. The molecule has 5 fully saturated rings. The van der Waals surface area contributed by atoms with Gasteiger partial charge in [0.2, 0.25) is 47.3 Å². The van der Waals surface area contributed by atoms with Crippen LogP contribution < -0.4 is 21.3 Å². The van der Waals surface area contributed by atoms with Crippen LogP contribution in [0, 0.1) is 23.7 Å². The Hall–Kier alpha value is -6.86. The van der Waals surface area contributed by atoms with E-state index in [-0.39, 0.29) is 87.8 Å². The Morgan fingerprint density at radius 2 is 0.658 bits per heavy atom. The van der Waals surface area contributed by atoms with Crippen LogP contribution in [0.1, 0.15) is 114 Å². The van der Waals surface area contributed by atoms with E-state index in [1.165, 1.54) is 9.80 Å². The zero-order chi connectivity index (χ0) is 54.8. The van der Waals surface area contributed by atoms with Crippen molar-refractivity contribution in [3.05, 3.63) is 71.8 Å². The molecule has 2 aromatic rings. The first-order chi connectivity index (χ1) is 36.3. The second-order valence-electron chi connectivity index (χ2n) is 21.9. The van der Waals surface area contributed by atoms with Gasteiger partial charge >= 0.3 is 11.9 Å². The van der Waals surface area contributed by atoms with Crippen molar-refractivity contribution < 1.29 is 58.2 Å². The molecule has 0 spiro atoms. The van der Waals surface area contributed by atoms with Gasteiger partial charge in [0, 0.05) is 102 Å². The Morgan fingerprint density at radius 1 is 0.408 bits per heavy atom. The minimum absolute atomic E-state index is 0.166. The van der Waals surface area contributed by atoms with Gasteiger partial charge in [-0.3, -0.25) is 47.9 Å². The molecule has 76 heavy (non-hydrogen) atoms. The van der Waals surface area contributed by atoms with Crippen molar-refractivity contribution in [2.24, 2.45) is 23.7 Å². The highest BCUT2D eigenvalue weighted by Gasteiger charge is 2.43. The van der Waals surface area contributed by atoms with Gasteiger partial charge in [0.05, 0.1) is 0 Å². The molecule has 8 amide bonds. The van der Waals surface area contributed by atoms with E-state index in [0.717, 1.165) is 11.1 Å². The van der Waals surface area contributed by atoms with E-state index in [9.17, 15) is 58.2 Å². The van der Waals surface area contributed by atoms with Crippen molar-refractivity contribution in [1.82, 2.24) is 40.9 Å². The van der Waals surface area contributed by atoms with Gasteiger partial charge in [-0.2, -0.15) is 0 Å². The number of carboxylic acids is 2. The molecule has 1 heterocycles. The third-order valence-corrected chi connectivity index (χ3v) is 17.0. The topological polar surface area (TPSA) is 272 Å². The first-order valence-electron chi connectivity index (χ1n) is 27.1. The maximum absolute atomic E-state index is 14.5. The van der Waals surface area contributed by atoms with E-state index in [1.807, 2.05) is 60.7 Å². The number of carbonyl (C=O) groups is 10. The van der Waals surface area contributed by atoms with Gasteiger partial charge in [-0.05, 0) is 101 Å². The number of carbonyl (C=O) groups excluding carboxylic acids is 8. The zero-order valence-corrected chi connectivity index (χ0v) is 44.2. The van der Waals surface area contributed by atoms with Crippen LogP contribution in [-0.4, -0.2) is 166 Å². The van der Waals surface area contributed by atoms with E-state index < -0.39 is 108 Å². The molecule has 2 aromatic carbocycles. The number of hydrogen-bond donors (Lipinski definition) is 6. The summed E-state index contributed by atoms with van der Waals surface area (Å²) in [5, 5.41) is 31.0. The molecule has 5 aliphatic rings. The fourth-order valence-corrected chi connectivity index (χ4v) is 12.2. The molecule has 1 aliphatic heterocycles. The standard InChI is InChI=1S/C56H76N8O12/c1-61-39-19-17-37(31-39)51(71)59-45(27-33-11-7-5-8-12-33)55(75)64(4)42-22-16-36(30-42)50(70)58-44(24-26-48(67)68)54(74)62(2)40-20-18-38(32-40)52(72)60-46(28-34-13-9-6-10-14-34)56(76)63(3)41-21-15-35(29-41)49(69)57-43(53(61)73)23-25-47(65)66/h5-14,35-46H,15-32H2,1-4H3,(H,57,69)(H,58,70)(H,59,71)(H,60,72)(H,65,66)(H,67,68)/t35-,36-,37-,38-,39+,40+,41+,42+,43-,44-,45-,46-/m1/s1. The van der Waals surface area contributed by atoms with Gasteiger partial charge in [0.1, 0.15) is 24.2 Å². The highest BCUT2D eigenvalue weighted by molar-refractivity contribution is 5.93. The maximum atomic E-state index is 14.5. The third kappa shape index (κ3) is 14.3. The second kappa shape index (κ2) is 25.8.